The number of rotatable bonds is 5. The summed E-state index contributed by atoms with van der Waals surface area (Å²) >= 11 is 15.2. The summed E-state index contributed by atoms with van der Waals surface area (Å²) in [5, 5.41) is 6.90. The van der Waals surface area contributed by atoms with Crippen molar-refractivity contribution in [2.45, 2.75) is 6.42 Å². The van der Waals surface area contributed by atoms with Gasteiger partial charge in [-0.15, -0.1) is 0 Å². The maximum atomic E-state index is 11.9. The molecule has 0 radical (unpaired) electrons. The Kier molecular flexibility index (Phi) is 5.91. The second-order valence-corrected chi connectivity index (χ2v) is 6.12. The molecule has 0 aliphatic carbocycles. The van der Waals surface area contributed by atoms with Crippen LogP contribution >= 0.6 is 39.1 Å². The number of halogens is 3. The number of amides is 1. The summed E-state index contributed by atoms with van der Waals surface area (Å²) in [5.41, 5.74) is 1.52. The summed E-state index contributed by atoms with van der Waals surface area (Å²) in [6.07, 6.45) is 0.339. The summed E-state index contributed by atoms with van der Waals surface area (Å²) in [6.45, 7) is 0.535. The lowest BCUT2D eigenvalue weighted by atomic mass is 10.3. The molecule has 0 saturated carbocycles. The molecule has 0 bridgehead atoms. The average Bonchev–Trinajstić information content (AvgIpc) is 2.42. The highest BCUT2D eigenvalue weighted by atomic mass is 79.9. The van der Waals surface area contributed by atoms with E-state index in [1.165, 1.54) is 0 Å². The van der Waals surface area contributed by atoms with Gasteiger partial charge in [0.15, 0.2) is 0 Å². The predicted molar refractivity (Wildman–Crippen MR) is 92.3 cm³/mol. The summed E-state index contributed by atoms with van der Waals surface area (Å²) in [5.74, 6) is -0.110. The summed E-state index contributed by atoms with van der Waals surface area (Å²) in [6, 6.07) is 12.7. The summed E-state index contributed by atoms with van der Waals surface area (Å²) in [4.78, 5) is 11.9. The van der Waals surface area contributed by atoms with E-state index in [0.717, 1.165) is 10.2 Å². The van der Waals surface area contributed by atoms with E-state index in [2.05, 4.69) is 26.6 Å². The van der Waals surface area contributed by atoms with Crippen LogP contribution in [-0.4, -0.2) is 12.5 Å². The van der Waals surface area contributed by atoms with Crippen LogP contribution < -0.4 is 10.6 Å². The minimum atomic E-state index is -0.110. The first-order chi connectivity index (χ1) is 10.0. The first-order valence-electron chi connectivity index (χ1n) is 6.29. The van der Waals surface area contributed by atoms with Gasteiger partial charge in [-0.2, -0.15) is 0 Å². The van der Waals surface area contributed by atoms with Gasteiger partial charge in [0.1, 0.15) is 0 Å². The zero-order chi connectivity index (χ0) is 15.2. The minimum absolute atomic E-state index is 0.110. The molecule has 2 aromatic rings. The third-order valence-electron chi connectivity index (χ3n) is 2.71. The standard InChI is InChI=1S/C15H13BrCl2N2O/c16-10-2-1-3-12(8-10)19-7-6-15(21)20-14-5-4-11(17)9-13(14)18/h1-5,8-9,19H,6-7H2,(H,20,21). The van der Waals surface area contributed by atoms with Crippen LogP contribution in [0.5, 0.6) is 0 Å². The summed E-state index contributed by atoms with van der Waals surface area (Å²) < 4.78 is 0.991. The van der Waals surface area contributed by atoms with Gasteiger partial charge >= 0.3 is 0 Å². The fourth-order valence-electron chi connectivity index (χ4n) is 1.72. The molecule has 0 heterocycles. The third kappa shape index (κ3) is 5.23. The molecule has 0 saturated heterocycles. The van der Waals surface area contributed by atoms with E-state index in [4.69, 9.17) is 23.2 Å². The van der Waals surface area contributed by atoms with Crippen LogP contribution in [0.1, 0.15) is 6.42 Å². The number of anilines is 2. The van der Waals surface area contributed by atoms with Crippen LogP contribution in [0.15, 0.2) is 46.9 Å². The van der Waals surface area contributed by atoms with Gasteiger partial charge < -0.3 is 10.6 Å². The zero-order valence-corrected chi connectivity index (χ0v) is 14.1. The van der Waals surface area contributed by atoms with E-state index < -0.39 is 0 Å². The number of hydrogen-bond donors (Lipinski definition) is 2. The highest BCUT2D eigenvalue weighted by molar-refractivity contribution is 9.10. The van der Waals surface area contributed by atoms with E-state index in [1.807, 2.05) is 24.3 Å². The first-order valence-corrected chi connectivity index (χ1v) is 7.84. The van der Waals surface area contributed by atoms with Gasteiger partial charge in [0, 0.05) is 28.1 Å². The quantitative estimate of drug-likeness (QED) is 0.740. The number of carbonyl (C=O) groups excluding carboxylic acids is 1. The Morgan fingerprint density at radius 2 is 1.95 bits per heavy atom. The molecule has 2 aromatic carbocycles. The molecule has 0 atom stereocenters. The molecule has 6 heteroatoms. The van der Waals surface area contributed by atoms with Crippen molar-refractivity contribution >= 4 is 56.4 Å². The van der Waals surface area contributed by atoms with Crippen molar-refractivity contribution in [3.63, 3.8) is 0 Å². The van der Waals surface area contributed by atoms with Crippen molar-refractivity contribution in [1.82, 2.24) is 0 Å². The van der Waals surface area contributed by atoms with Crippen LogP contribution in [0.4, 0.5) is 11.4 Å². The molecule has 0 aliphatic rings. The second-order valence-electron chi connectivity index (χ2n) is 4.36. The SMILES string of the molecule is O=C(CCNc1cccc(Br)c1)Nc1ccc(Cl)cc1Cl. The Hall–Kier alpha value is -1.23. The van der Waals surface area contributed by atoms with Crippen LogP contribution in [-0.2, 0) is 4.79 Å². The third-order valence-corrected chi connectivity index (χ3v) is 3.75. The lowest BCUT2D eigenvalue weighted by Crippen LogP contribution is -2.16. The normalized spacial score (nSPS) is 10.2. The molecule has 2 N–H and O–H groups in total. The lowest BCUT2D eigenvalue weighted by Gasteiger charge is -2.09. The fraction of sp³-hybridized carbons (Fsp3) is 0.133. The Balaban J connectivity index is 1.82. The van der Waals surface area contributed by atoms with E-state index in [9.17, 15) is 4.79 Å². The molecule has 3 nitrogen and oxygen atoms in total. The average molecular weight is 388 g/mol. The van der Waals surface area contributed by atoms with Crippen LogP contribution in [0.2, 0.25) is 10.0 Å². The van der Waals surface area contributed by atoms with Crippen molar-refractivity contribution in [3.8, 4) is 0 Å². The van der Waals surface area contributed by atoms with Gasteiger partial charge in [-0.3, -0.25) is 4.79 Å². The van der Waals surface area contributed by atoms with E-state index >= 15 is 0 Å². The molecule has 0 aromatic heterocycles. The molecule has 2 rings (SSSR count). The molecule has 0 spiro atoms. The summed E-state index contributed by atoms with van der Waals surface area (Å²) in [7, 11) is 0. The van der Waals surface area contributed by atoms with Crippen molar-refractivity contribution in [1.29, 1.82) is 0 Å². The Bertz CT molecular complexity index is 649. The number of benzene rings is 2. The molecule has 0 unspecified atom stereocenters. The molecule has 0 aliphatic heterocycles. The smallest absolute Gasteiger partial charge is 0.226 e. The number of carbonyl (C=O) groups is 1. The van der Waals surface area contributed by atoms with Crippen LogP contribution in [0, 0.1) is 0 Å². The van der Waals surface area contributed by atoms with Crippen molar-refractivity contribution < 1.29 is 4.79 Å². The van der Waals surface area contributed by atoms with Gasteiger partial charge in [0.05, 0.1) is 10.7 Å². The predicted octanol–water partition coefficient (Wildman–Crippen LogP) is 5.20. The zero-order valence-electron chi connectivity index (χ0n) is 11.0. The van der Waals surface area contributed by atoms with Crippen LogP contribution in [0.25, 0.3) is 0 Å². The molecular formula is C15H13BrCl2N2O. The van der Waals surface area contributed by atoms with Crippen molar-refractivity contribution in [2.24, 2.45) is 0 Å². The van der Waals surface area contributed by atoms with E-state index in [1.54, 1.807) is 18.2 Å². The van der Waals surface area contributed by atoms with E-state index in [0.29, 0.717) is 28.7 Å². The van der Waals surface area contributed by atoms with Crippen LogP contribution in [0.3, 0.4) is 0 Å². The van der Waals surface area contributed by atoms with E-state index in [-0.39, 0.29) is 5.91 Å². The topological polar surface area (TPSA) is 41.1 Å². The minimum Gasteiger partial charge on any atom is -0.384 e. The Morgan fingerprint density at radius 1 is 1.14 bits per heavy atom. The monoisotopic (exact) mass is 386 g/mol. The maximum absolute atomic E-state index is 11.9. The van der Waals surface area contributed by atoms with Gasteiger partial charge in [-0.1, -0.05) is 45.2 Å². The van der Waals surface area contributed by atoms with Gasteiger partial charge in [-0.05, 0) is 36.4 Å². The second kappa shape index (κ2) is 7.69. The highest BCUT2D eigenvalue weighted by Gasteiger charge is 2.06. The molecule has 1 amide bonds. The number of hydrogen-bond acceptors (Lipinski definition) is 2. The largest absolute Gasteiger partial charge is 0.384 e. The Labute approximate surface area is 141 Å². The van der Waals surface area contributed by atoms with Gasteiger partial charge in [-0.25, -0.2) is 0 Å². The lowest BCUT2D eigenvalue weighted by molar-refractivity contribution is -0.115. The maximum Gasteiger partial charge on any atom is 0.226 e. The molecule has 21 heavy (non-hydrogen) atoms. The molecule has 0 fully saturated rings. The number of nitrogens with one attached hydrogen (secondary N) is 2. The Morgan fingerprint density at radius 3 is 2.67 bits per heavy atom. The fourth-order valence-corrected chi connectivity index (χ4v) is 2.58. The van der Waals surface area contributed by atoms with Gasteiger partial charge in [0.2, 0.25) is 5.91 Å². The van der Waals surface area contributed by atoms with Crippen molar-refractivity contribution in [3.05, 3.63) is 57.0 Å². The van der Waals surface area contributed by atoms with Gasteiger partial charge in [0.25, 0.3) is 0 Å². The molecular weight excluding hydrogens is 375 g/mol. The van der Waals surface area contributed by atoms with Crippen molar-refractivity contribution in [2.75, 3.05) is 17.2 Å². The molecule has 110 valence electrons. The first kappa shape index (κ1) is 16.1. The highest BCUT2D eigenvalue weighted by Crippen LogP contribution is 2.25.